The van der Waals surface area contributed by atoms with Crippen molar-refractivity contribution in [3.8, 4) is 11.5 Å². The average Bonchev–Trinajstić information content (AvgIpc) is 2.39. The van der Waals surface area contributed by atoms with Gasteiger partial charge in [-0.2, -0.15) is 0 Å². The second-order valence-electron chi connectivity index (χ2n) is 4.48. The molecule has 0 bridgehead atoms. The predicted octanol–water partition coefficient (Wildman–Crippen LogP) is 2.62. The maximum Gasteiger partial charge on any atom is 0.161 e. The van der Waals surface area contributed by atoms with Crippen molar-refractivity contribution in [2.45, 2.75) is 38.9 Å². The Labute approximate surface area is 102 Å². The predicted molar refractivity (Wildman–Crippen MR) is 66.4 cm³/mol. The molecule has 2 rings (SSSR count). The molecule has 2 unspecified atom stereocenters. The van der Waals surface area contributed by atoms with Gasteiger partial charge in [-0.25, -0.2) is 0 Å². The van der Waals surface area contributed by atoms with E-state index in [-0.39, 0.29) is 12.0 Å². The van der Waals surface area contributed by atoms with Gasteiger partial charge in [0, 0.05) is 0 Å². The van der Waals surface area contributed by atoms with Gasteiger partial charge in [-0.3, -0.25) is 0 Å². The van der Waals surface area contributed by atoms with Crippen LogP contribution in [0.15, 0.2) is 24.3 Å². The monoisotopic (exact) mass is 236 g/mol. The molecular formula is C14H20O3. The van der Waals surface area contributed by atoms with Crippen LogP contribution in [0.5, 0.6) is 11.5 Å². The molecule has 3 heteroatoms. The van der Waals surface area contributed by atoms with Crippen LogP contribution in [-0.4, -0.2) is 23.9 Å². The van der Waals surface area contributed by atoms with Crippen molar-refractivity contribution in [3.05, 3.63) is 24.3 Å². The van der Waals surface area contributed by atoms with Crippen molar-refractivity contribution in [3.63, 3.8) is 0 Å². The Balaban J connectivity index is 2.07. The maximum atomic E-state index is 10.3. The number of fused-ring (bicyclic) bond motifs is 1. The van der Waals surface area contributed by atoms with Gasteiger partial charge in [-0.15, -0.1) is 0 Å². The van der Waals surface area contributed by atoms with Crippen LogP contribution in [0.25, 0.3) is 0 Å². The molecule has 0 amide bonds. The van der Waals surface area contributed by atoms with Crippen LogP contribution in [0, 0.1) is 5.92 Å². The number of hydrogen-bond acceptors (Lipinski definition) is 3. The molecule has 17 heavy (non-hydrogen) atoms. The average molecular weight is 236 g/mol. The number of para-hydroxylation sites is 2. The molecule has 1 aliphatic rings. The molecule has 0 aliphatic carbocycles. The second-order valence-corrected chi connectivity index (χ2v) is 4.48. The minimum atomic E-state index is -0.460. The van der Waals surface area contributed by atoms with E-state index in [9.17, 15) is 5.11 Å². The number of aliphatic hydroxyl groups is 1. The summed E-state index contributed by atoms with van der Waals surface area (Å²) in [5.41, 5.74) is 0. The molecule has 3 nitrogen and oxygen atoms in total. The van der Waals surface area contributed by atoms with E-state index in [0.29, 0.717) is 6.61 Å². The van der Waals surface area contributed by atoms with Gasteiger partial charge >= 0.3 is 0 Å². The number of aliphatic hydroxyl groups excluding tert-OH is 1. The molecule has 1 heterocycles. The molecule has 1 N–H and O–H groups in total. The summed E-state index contributed by atoms with van der Waals surface area (Å²) in [5.74, 6) is 1.77. The molecule has 1 aliphatic heterocycles. The molecule has 0 fully saturated rings. The lowest BCUT2D eigenvalue weighted by Gasteiger charge is -2.32. The smallest absolute Gasteiger partial charge is 0.161 e. The zero-order valence-corrected chi connectivity index (χ0v) is 10.4. The van der Waals surface area contributed by atoms with Gasteiger partial charge < -0.3 is 14.6 Å². The van der Waals surface area contributed by atoms with E-state index in [1.54, 1.807) is 0 Å². The first-order valence-electron chi connectivity index (χ1n) is 6.32. The van der Waals surface area contributed by atoms with E-state index in [4.69, 9.17) is 9.47 Å². The van der Waals surface area contributed by atoms with Gasteiger partial charge in [0.05, 0.1) is 6.10 Å². The van der Waals surface area contributed by atoms with Gasteiger partial charge in [-0.05, 0) is 18.1 Å². The normalized spacial score (nSPS) is 20.4. The highest BCUT2D eigenvalue weighted by molar-refractivity contribution is 5.40. The van der Waals surface area contributed by atoms with E-state index >= 15 is 0 Å². The highest BCUT2D eigenvalue weighted by Crippen LogP contribution is 2.33. The van der Waals surface area contributed by atoms with Gasteiger partial charge in [0.2, 0.25) is 0 Å². The lowest BCUT2D eigenvalue weighted by molar-refractivity contribution is -0.0401. The third-order valence-corrected chi connectivity index (χ3v) is 3.44. The quantitative estimate of drug-likeness (QED) is 0.873. The van der Waals surface area contributed by atoms with Crippen LogP contribution in [0.3, 0.4) is 0 Å². The molecule has 2 atom stereocenters. The molecule has 0 radical (unpaired) electrons. The van der Waals surface area contributed by atoms with Gasteiger partial charge in [0.25, 0.3) is 0 Å². The van der Waals surface area contributed by atoms with Crippen molar-refractivity contribution in [2.24, 2.45) is 5.92 Å². The van der Waals surface area contributed by atoms with Crippen LogP contribution >= 0.6 is 0 Å². The Morgan fingerprint density at radius 2 is 1.88 bits per heavy atom. The third kappa shape index (κ3) is 2.55. The molecule has 0 saturated heterocycles. The third-order valence-electron chi connectivity index (χ3n) is 3.44. The second kappa shape index (κ2) is 5.41. The summed E-state index contributed by atoms with van der Waals surface area (Å²) in [5, 5.41) is 10.3. The van der Waals surface area contributed by atoms with Crippen LogP contribution in [0.4, 0.5) is 0 Å². The molecule has 0 spiro atoms. The summed E-state index contributed by atoms with van der Waals surface area (Å²) in [6.07, 6.45) is 1.20. The zero-order valence-electron chi connectivity index (χ0n) is 10.4. The van der Waals surface area contributed by atoms with E-state index < -0.39 is 6.10 Å². The fraction of sp³-hybridized carbons (Fsp3) is 0.571. The summed E-state index contributed by atoms with van der Waals surface area (Å²) in [4.78, 5) is 0. The maximum absolute atomic E-state index is 10.3. The Hall–Kier alpha value is -1.22. The zero-order chi connectivity index (χ0) is 12.3. The molecule has 1 aromatic rings. The summed E-state index contributed by atoms with van der Waals surface area (Å²) in [6, 6.07) is 7.59. The standard InChI is InChI=1S/C14H20O3/c1-3-10(4-2)14(15)13-9-16-11-7-5-6-8-12(11)17-13/h5-8,10,13-15H,3-4,9H2,1-2H3. The van der Waals surface area contributed by atoms with Gasteiger partial charge in [0.1, 0.15) is 6.61 Å². The Kier molecular flexibility index (Phi) is 3.89. The lowest BCUT2D eigenvalue weighted by Crippen LogP contribution is -2.43. The van der Waals surface area contributed by atoms with Crippen molar-refractivity contribution in [1.82, 2.24) is 0 Å². The Bertz CT molecular complexity index is 360. The summed E-state index contributed by atoms with van der Waals surface area (Å²) in [7, 11) is 0. The molecule has 0 aromatic heterocycles. The molecule has 94 valence electrons. The van der Waals surface area contributed by atoms with Crippen LogP contribution < -0.4 is 9.47 Å². The van der Waals surface area contributed by atoms with Crippen molar-refractivity contribution in [2.75, 3.05) is 6.61 Å². The van der Waals surface area contributed by atoms with Gasteiger partial charge in [0.15, 0.2) is 17.6 Å². The van der Waals surface area contributed by atoms with E-state index in [1.165, 1.54) is 0 Å². The van der Waals surface area contributed by atoms with Crippen molar-refractivity contribution >= 4 is 0 Å². The fourth-order valence-corrected chi connectivity index (χ4v) is 2.28. The largest absolute Gasteiger partial charge is 0.486 e. The summed E-state index contributed by atoms with van der Waals surface area (Å²) < 4.78 is 11.4. The Morgan fingerprint density at radius 1 is 1.24 bits per heavy atom. The number of benzene rings is 1. The fourth-order valence-electron chi connectivity index (χ4n) is 2.28. The first-order chi connectivity index (χ1) is 8.26. The van der Waals surface area contributed by atoms with E-state index in [0.717, 1.165) is 24.3 Å². The summed E-state index contributed by atoms with van der Waals surface area (Å²) in [6.45, 7) is 4.61. The lowest BCUT2D eigenvalue weighted by atomic mass is 9.92. The first kappa shape index (κ1) is 12.2. The first-order valence-corrected chi connectivity index (χ1v) is 6.32. The van der Waals surface area contributed by atoms with Crippen LogP contribution in [0.1, 0.15) is 26.7 Å². The van der Waals surface area contributed by atoms with Crippen molar-refractivity contribution < 1.29 is 14.6 Å². The van der Waals surface area contributed by atoms with E-state index in [1.807, 2.05) is 24.3 Å². The number of rotatable bonds is 4. The van der Waals surface area contributed by atoms with Gasteiger partial charge in [-0.1, -0.05) is 38.8 Å². The van der Waals surface area contributed by atoms with E-state index in [2.05, 4.69) is 13.8 Å². The van der Waals surface area contributed by atoms with Crippen LogP contribution in [-0.2, 0) is 0 Å². The SMILES string of the molecule is CCC(CC)C(O)C1COc2ccccc2O1. The molecule has 1 aromatic carbocycles. The Morgan fingerprint density at radius 3 is 2.53 bits per heavy atom. The van der Waals surface area contributed by atoms with Crippen molar-refractivity contribution in [1.29, 1.82) is 0 Å². The topological polar surface area (TPSA) is 38.7 Å². The highest BCUT2D eigenvalue weighted by atomic mass is 16.6. The number of hydrogen-bond donors (Lipinski definition) is 1. The number of ether oxygens (including phenoxy) is 2. The molecular weight excluding hydrogens is 216 g/mol. The summed E-state index contributed by atoms with van der Waals surface area (Å²) >= 11 is 0. The minimum absolute atomic E-state index is 0.255. The minimum Gasteiger partial charge on any atom is -0.486 e. The van der Waals surface area contributed by atoms with Crippen LogP contribution in [0.2, 0.25) is 0 Å². The highest BCUT2D eigenvalue weighted by Gasteiger charge is 2.31. The molecule has 0 saturated carbocycles.